The van der Waals surface area contributed by atoms with Crippen molar-refractivity contribution in [3.63, 3.8) is 0 Å². The zero-order valence-electron chi connectivity index (χ0n) is 13.1. The number of nitrogens with one attached hydrogen (secondary N) is 1. The average Bonchev–Trinajstić information content (AvgIpc) is 2.58. The monoisotopic (exact) mass is 364 g/mol. The molecule has 0 saturated carbocycles. The van der Waals surface area contributed by atoms with Crippen LogP contribution < -0.4 is 5.32 Å². The van der Waals surface area contributed by atoms with Crippen LogP contribution in [-0.4, -0.2) is 37.1 Å². The average molecular weight is 365 g/mol. The van der Waals surface area contributed by atoms with Gasteiger partial charge in [0.2, 0.25) is 0 Å². The van der Waals surface area contributed by atoms with Crippen LogP contribution in [0.2, 0.25) is 10.0 Å². The van der Waals surface area contributed by atoms with Crippen LogP contribution in [0.4, 0.5) is 5.69 Å². The van der Waals surface area contributed by atoms with Gasteiger partial charge in [-0.25, -0.2) is 0 Å². The molecule has 1 heterocycles. The molecule has 1 aliphatic heterocycles. The molecule has 2 aromatic carbocycles. The van der Waals surface area contributed by atoms with Crippen LogP contribution in [0.15, 0.2) is 42.5 Å². The highest BCUT2D eigenvalue weighted by Gasteiger charge is 2.13. The molecular weight excluding hydrogens is 347 g/mol. The number of morpholine rings is 1. The quantitative estimate of drug-likeness (QED) is 0.888. The Bertz CT molecular complexity index is 731. The van der Waals surface area contributed by atoms with Crippen LogP contribution in [0, 0.1) is 0 Å². The number of ether oxygens (including phenoxy) is 1. The zero-order chi connectivity index (χ0) is 16.9. The molecule has 1 N–H and O–H groups in total. The van der Waals surface area contributed by atoms with Crippen LogP contribution in [0.25, 0.3) is 0 Å². The molecule has 4 nitrogen and oxygen atoms in total. The molecule has 0 aromatic heterocycles. The predicted molar refractivity (Wildman–Crippen MR) is 97.0 cm³/mol. The van der Waals surface area contributed by atoms with Gasteiger partial charge < -0.3 is 10.1 Å². The van der Waals surface area contributed by atoms with E-state index in [1.165, 1.54) is 0 Å². The molecular formula is C18H18Cl2N2O2. The fourth-order valence-corrected chi connectivity index (χ4v) is 3.02. The molecule has 0 unspecified atom stereocenters. The summed E-state index contributed by atoms with van der Waals surface area (Å²) < 4.78 is 5.35. The SMILES string of the molecule is O=C(Nc1ccc(CN2CCOCC2)c(Cl)c1)c1cccc(Cl)c1. The molecule has 0 aliphatic carbocycles. The van der Waals surface area contributed by atoms with E-state index >= 15 is 0 Å². The molecule has 0 radical (unpaired) electrons. The zero-order valence-corrected chi connectivity index (χ0v) is 14.6. The highest BCUT2D eigenvalue weighted by atomic mass is 35.5. The molecule has 6 heteroatoms. The summed E-state index contributed by atoms with van der Waals surface area (Å²) in [6, 6.07) is 12.4. The molecule has 0 spiro atoms. The van der Waals surface area contributed by atoms with Gasteiger partial charge >= 0.3 is 0 Å². The van der Waals surface area contributed by atoms with E-state index in [1.54, 1.807) is 30.3 Å². The first kappa shape index (κ1) is 17.2. The van der Waals surface area contributed by atoms with E-state index in [0.717, 1.165) is 38.4 Å². The van der Waals surface area contributed by atoms with E-state index in [0.29, 0.717) is 21.3 Å². The number of nitrogens with zero attached hydrogens (tertiary/aromatic N) is 1. The molecule has 1 fully saturated rings. The van der Waals surface area contributed by atoms with Gasteiger partial charge in [-0.05, 0) is 35.9 Å². The molecule has 1 saturated heterocycles. The maximum absolute atomic E-state index is 12.2. The number of carbonyl (C=O) groups is 1. The lowest BCUT2D eigenvalue weighted by atomic mass is 10.1. The first-order valence-electron chi connectivity index (χ1n) is 7.77. The third-order valence-electron chi connectivity index (χ3n) is 3.90. The number of amides is 1. The number of halogens is 2. The first-order chi connectivity index (χ1) is 11.6. The summed E-state index contributed by atoms with van der Waals surface area (Å²) in [5.41, 5.74) is 2.21. The van der Waals surface area contributed by atoms with Crippen LogP contribution in [0.5, 0.6) is 0 Å². The van der Waals surface area contributed by atoms with Gasteiger partial charge in [-0.3, -0.25) is 9.69 Å². The second kappa shape index (κ2) is 7.99. The van der Waals surface area contributed by atoms with Crippen LogP contribution >= 0.6 is 23.2 Å². The van der Waals surface area contributed by atoms with Crippen molar-refractivity contribution in [1.82, 2.24) is 4.90 Å². The van der Waals surface area contributed by atoms with Crippen LogP contribution in [0.1, 0.15) is 15.9 Å². The highest BCUT2D eigenvalue weighted by Crippen LogP contribution is 2.23. The van der Waals surface area contributed by atoms with E-state index in [2.05, 4.69) is 10.2 Å². The molecule has 24 heavy (non-hydrogen) atoms. The molecule has 2 aromatic rings. The number of anilines is 1. The van der Waals surface area contributed by atoms with Crippen molar-refractivity contribution < 1.29 is 9.53 Å². The summed E-state index contributed by atoms with van der Waals surface area (Å²) in [6.07, 6.45) is 0. The lowest BCUT2D eigenvalue weighted by Crippen LogP contribution is -2.35. The van der Waals surface area contributed by atoms with Gasteiger partial charge in [-0.1, -0.05) is 35.3 Å². The molecule has 0 atom stereocenters. The normalized spacial score (nSPS) is 15.2. The number of carbonyl (C=O) groups excluding carboxylic acids is 1. The van der Waals surface area contributed by atoms with Gasteiger partial charge in [-0.2, -0.15) is 0 Å². The van der Waals surface area contributed by atoms with E-state index < -0.39 is 0 Å². The van der Waals surface area contributed by atoms with Gasteiger partial charge in [0.1, 0.15) is 0 Å². The van der Waals surface area contributed by atoms with Crippen LogP contribution in [0.3, 0.4) is 0 Å². The lowest BCUT2D eigenvalue weighted by molar-refractivity contribution is 0.0342. The number of rotatable bonds is 4. The molecule has 1 amide bonds. The smallest absolute Gasteiger partial charge is 0.255 e. The Morgan fingerprint density at radius 1 is 1.12 bits per heavy atom. The van der Waals surface area contributed by atoms with E-state index in [-0.39, 0.29) is 5.91 Å². The minimum atomic E-state index is -0.213. The van der Waals surface area contributed by atoms with Crippen molar-refractivity contribution >= 4 is 34.8 Å². The maximum atomic E-state index is 12.2. The summed E-state index contributed by atoms with van der Waals surface area (Å²) in [6.45, 7) is 4.11. The van der Waals surface area contributed by atoms with Crippen molar-refractivity contribution in [2.75, 3.05) is 31.6 Å². The first-order valence-corrected chi connectivity index (χ1v) is 8.53. The molecule has 1 aliphatic rings. The maximum Gasteiger partial charge on any atom is 0.255 e. The Hall–Kier alpha value is -1.59. The van der Waals surface area contributed by atoms with E-state index in [9.17, 15) is 4.79 Å². The summed E-state index contributed by atoms with van der Waals surface area (Å²) in [7, 11) is 0. The van der Waals surface area contributed by atoms with Gasteiger partial charge in [-0.15, -0.1) is 0 Å². The van der Waals surface area contributed by atoms with Gasteiger partial charge in [0.05, 0.1) is 13.2 Å². The highest BCUT2D eigenvalue weighted by molar-refractivity contribution is 6.32. The summed E-state index contributed by atoms with van der Waals surface area (Å²) in [5.74, 6) is -0.213. The molecule has 126 valence electrons. The Balaban J connectivity index is 1.66. The van der Waals surface area contributed by atoms with Crippen molar-refractivity contribution in [3.05, 3.63) is 63.6 Å². The van der Waals surface area contributed by atoms with Crippen molar-refractivity contribution in [2.24, 2.45) is 0 Å². The van der Waals surface area contributed by atoms with Crippen molar-refractivity contribution in [1.29, 1.82) is 0 Å². The van der Waals surface area contributed by atoms with Gasteiger partial charge in [0.15, 0.2) is 0 Å². The summed E-state index contributed by atoms with van der Waals surface area (Å²) in [5, 5.41) is 4.01. The second-order valence-electron chi connectivity index (χ2n) is 5.66. The van der Waals surface area contributed by atoms with E-state index in [1.807, 2.05) is 12.1 Å². The Kier molecular flexibility index (Phi) is 5.74. The van der Waals surface area contributed by atoms with Crippen LogP contribution in [-0.2, 0) is 11.3 Å². The molecule has 0 bridgehead atoms. The minimum Gasteiger partial charge on any atom is -0.379 e. The number of benzene rings is 2. The largest absolute Gasteiger partial charge is 0.379 e. The third-order valence-corrected chi connectivity index (χ3v) is 4.48. The number of hydrogen-bond donors (Lipinski definition) is 1. The minimum absolute atomic E-state index is 0.213. The predicted octanol–water partition coefficient (Wildman–Crippen LogP) is 4.08. The fourth-order valence-electron chi connectivity index (χ4n) is 2.59. The van der Waals surface area contributed by atoms with Crippen molar-refractivity contribution in [2.45, 2.75) is 6.54 Å². The van der Waals surface area contributed by atoms with E-state index in [4.69, 9.17) is 27.9 Å². The summed E-state index contributed by atoms with van der Waals surface area (Å²) in [4.78, 5) is 14.5. The Labute approximate surface area is 151 Å². The third kappa shape index (κ3) is 4.48. The van der Waals surface area contributed by atoms with Gasteiger partial charge in [0, 0.05) is 40.9 Å². The molecule has 3 rings (SSSR count). The fraction of sp³-hybridized carbons (Fsp3) is 0.278. The summed E-state index contributed by atoms with van der Waals surface area (Å²) >= 11 is 12.3. The Morgan fingerprint density at radius 2 is 1.92 bits per heavy atom. The topological polar surface area (TPSA) is 41.6 Å². The number of hydrogen-bond acceptors (Lipinski definition) is 3. The second-order valence-corrected chi connectivity index (χ2v) is 6.50. The van der Waals surface area contributed by atoms with Crippen molar-refractivity contribution in [3.8, 4) is 0 Å². The lowest BCUT2D eigenvalue weighted by Gasteiger charge is -2.27. The van der Waals surface area contributed by atoms with Gasteiger partial charge in [0.25, 0.3) is 5.91 Å². The Morgan fingerprint density at radius 3 is 2.62 bits per heavy atom. The standard InChI is InChI=1S/C18H18Cl2N2O2/c19-15-3-1-2-13(10-15)18(23)21-16-5-4-14(17(20)11-16)12-22-6-8-24-9-7-22/h1-5,10-11H,6-9,12H2,(H,21,23).